The van der Waals surface area contributed by atoms with Gasteiger partial charge in [0.25, 0.3) is 0 Å². The molecule has 1 aliphatic carbocycles. The Balaban J connectivity index is 1.93. The van der Waals surface area contributed by atoms with Gasteiger partial charge in [-0.05, 0) is 44.2 Å². The van der Waals surface area contributed by atoms with Gasteiger partial charge in [0.2, 0.25) is 0 Å². The van der Waals surface area contributed by atoms with E-state index in [1.54, 1.807) is 0 Å². The third kappa shape index (κ3) is 2.55. The van der Waals surface area contributed by atoms with E-state index in [-0.39, 0.29) is 5.92 Å². The summed E-state index contributed by atoms with van der Waals surface area (Å²) in [4.78, 5) is 0. The lowest BCUT2D eigenvalue weighted by molar-refractivity contribution is 0.397. The van der Waals surface area contributed by atoms with Crippen LogP contribution >= 0.6 is 0 Å². The van der Waals surface area contributed by atoms with E-state index in [1.807, 2.05) is 0 Å². The number of para-hydroxylation sites is 1. The van der Waals surface area contributed by atoms with Crippen LogP contribution in [-0.2, 0) is 0 Å². The van der Waals surface area contributed by atoms with E-state index < -0.39 is 0 Å². The first kappa shape index (κ1) is 11.0. The van der Waals surface area contributed by atoms with Gasteiger partial charge in [-0.25, -0.2) is 0 Å². The zero-order valence-electron chi connectivity index (χ0n) is 9.74. The Morgan fingerprint density at radius 3 is 2.50 bits per heavy atom. The number of nitriles is 1. The molecule has 0 amide bonds. The molecule has 1 aromatic carbocycles. The number of nitrogens with zero attached hydrogens (tertiary/aromatic N) is 1. The lowest BCUT2D eigenvalue weighted by atomic mass is 9.87. The smallest absolute Gasteiger partial charge is 0.0655 e. The van der Waals surface area contributed by atoms with Crippen molar-refractivity contribution in [3.8, 4) is 6.07 Å². The van der Waals surface area contributed by atoms with E-state index in [1.165, 1.54) is 11.3 Å². The molecule has 0 radical (unpaired) electrons. The summed E-state index contributed by atoms with van der Waals surface area (Å²) < 4.78 is 0. The number of aryl methyl sites for hydroxylation is 1. The van der Waals surface area contributed by atoms with Crippen molar-refractivity contribution in [2.24, 2.45) is 5.92 Å². The SMILES string of the molecule is Cc1ccccc1NC1CCC(C#N)CC1. The molecule has 1 aromatic rings. The van der Waals surface area contributed by atoms with Gasteiger partial charge in [-0.1, -0.05) is 18.2 Å². The van der Waals surface area contributed by atoms with Gasteiger partial charge in [0.05, 0.1) is 6.07 Å². The van der Waals surface area contributed by atoms with Crippen LogP contribution in [0.4, 0.5) is 5.69 Å². The third-order valence-corrected chi connectivity index (χ3v) is 3.41. The Morgan fingerprint density at radius 2 is 1.88 bits per heavy atom. The minimum Gasteiger partial charge on any atom is -0.382 e. The number of anilines is 1. The lowest BCUT2D eigenvalue weighted by Crippen LogP contribution is -2.25. The Morgan fingerprint density at radius 1 is 1.19 bits per heavy atom. The molecular weight excluding hydrogens is 196 g/mol. The number of benzene rings is 1. The van der Waals surface area contributed by atoms with Crippen molar-refractivity contribution in [2.75, 3.05) is 5.32 Å². The van der Waals surface area contributed by atoms with Crippen molar-refractivity contribution in [3.63, 3.8) is 0 Å². The normalized spacial score (nSPS) is 24.8. The van der Waals surface area contributed by atoms with Crippen LogP contribution in [0.25, 0.3) is 0 Å². The summed E-state index contributed by atoms with van der Waals surface area (Å²) in [7, 11) is 0. The molecule has 1 aliphatic rings. The van der Waals surface area contributed by atoms with Gasteiger partial charge < -0.3 is 5.32 Å². The highest BCUT2D eigenvalue weighted by atomic mass is 14.9. The number of hydrogen-bond acceptors (Lipinski definition) is 2. The second-order valence-electron chi connectivity index (χ2n) is 4.64. The second-order valence-corrected chi connectivity index (χ2v) is 4.64. The summed E-state index contributed by atoms with van der Waals surface area (Å²) in [5.74, 6) is 0.287. The maximum absolute atomic E-state index is 8.84. The molecule has 0 atom stereocenters. The molecule has 0 aliphatic heterocycles. The molecule has 1 N–H and O–H groups in total. The quantitative estimate of drug-likeness (QED) is 0.818. The van der Waals surface area contributed by atoms with Crippen LogP contribution in [0.2, 0.25) is 0 Å². The van der Waals surface area contributed by atoms with Crippen LogP contribution in [0.5, 0.6) is 0 Å². The first-order chi connectivity index (χ1) is 7.79. The largest absolute Gasteiger partial charge is 0.382 e. The molecule has 2 nitrogen and oxygen atoms in total. The van der Waals surface area contributed by atoms with Crippen LogP contribution in [0, 0.1) is 24.2 Å². The third-order valence-electron chi connectivity index (χ3n) is 3.41. The van der Waals surface area contributed by atoms with Crippen molar-refractivity contribution in [1.29, 1.82) is 5.26 Å². The minimum absolute atomic E-state index is 0.287. The summed E-state index contributed by atoms with van der Waals surface area (Å²) in [6.07, 6.45) is 4.32. The fourth-order valence-corrected chi connectivity index (χ4v) is 2.32. The average molecular weight is 214 g/mol. The van der Waals surface area contributed by atoms with E-state index in [2.05, 4.69) is 42.6 Å². The monoisotopic (exact) mass is 214 g/mol. The molecule has 0 unspecified atom stereocenters. The van der Waals surface area contributed by atoms with E-state index in [9.17, 15) is 0 Å². The van der Waals surface area contributed by atoms with Crippen LogP contribution in [0.1, 0.15) is 31.2 Å². The minimum atomic E-state index is 0.287. The van der Waals surface area contributed by atoms with Gasteiger partial charge in [0.1, 0.15) is 0 Å². The molecule has 1 saturated carbocycles. The molecule has 0 heterocycles. The predicted molar refractivity (Wildman–Crippen MR) is 66.2 cm³/mol. The van der Waals surface area contributed by atoms with E-state index in [4.69, 9.17) is 5.26 Å². The van der Waals surface area contributed by atoms with Gasteiger partial charge in [-0.2, -0.15) is 5.26 Å². The highest BCUT2D eigenvalue weighted by molar-refractivity contribution is 5.50. The first-order valence-electron chi connectivity index (χ1n) is 6.01. The second kappa shape index (κ2) is 5.03. The van der Waals surface area contributed by atoms with Crippen LogP contribution < -0.4 is 5.32 Å². The fraction of sp³-hybridized carbons (Fsp3) is 0.500. The van der Waals surface area contributed by atoms with Gasteiger partial charge in [0.15, 0.2) is 0 Å². The molecule has 1 fully saturated rings. The Labute approximate surface area is 97.3 Å². The zero-order valence-corrected chi connectivity index (χ0v) is 9.74. The number of nitrogens with one attached hydrogen (secondary N) is 1. The van der Waals surface area contributed by atoms with E-state index in [0.29, 0.717) is 6.04 Å². The topological polar surface area (TPSA) is 35.8 Å². The van der Waals surface area contributed by atoms with Crippen molar-refractivity contribution in [1.82, 2.24) is 0 Å². The molecule has 0 spiro atoms. The molecule has 0 saturated heterocycles. The van der Waals surface area contributed by atoms with E-state index >= 15 is 0 Å². The highest BCUT2D eigenvalue weighted by Crippen LogP contribution is 2.26. The van der Waals surface area contributed by atoms with Crippen molar-refractivity contribution in [2.45, 2.75) is 38.6 Å². The van der Waals surface area contributed by atoms with Crippen LogP contribution in [0.15, 0.2) is 24.3 Å². The summed E-state index contributed by atoms with van der Waals surface area (Å²) in [5.41, 5.74) is 2.54. The number of rotatable bonds is 2. The zero-order chi connectivity index (χ0) is 11.4. The molecule has 2 rings (SSSR count). The molecule has 2 heteroatoms. The maximum atomic E-state index is 8.84. The van der Waals surface area contributed by atoms with Crippen molar-refractivity contribution in [3.05, 3.63) is 29.8 Å². The van der Waals surface area contributed by atoms with Gasteiger partial charge in [-0.3, -0.25) is 0 Å². The summed E-state index contributed by atoms with van der Waals surface area (Å²) in [5, 5.41) is 12.4. The Bertz CT molecular complexity index is 384. The summed E-state index contributed by atoms with van der Waals surface area (Å²) >= 11 is 0. The van der Waals surface area contributed by atoms with Gasteiger partial charge >= 0.3 is 0 Å². The van der Waals surface area contributed by atoms with Gasteiger partial charge in [0, 0.05) is 17.6 Å². The number of hydrogen-bond donors (Lipinski definition) is 1. The Kier molecular flexibility index (Phi) is 3.46. The fourth-order valence-electron chi connectivity index (χ4n) is 2.32. The summed E-state index contributed by atoms with van der Waals surface area (Å²) in [6.45, 7) is 2.13. The molecule has 0 aromatic heterocycles. The Hall–Kier alpha value is -1.49. The van der Waals surface area contributed by atoms with Gasteiger partial charge in [-0.15, -0.1) is 0 Å². The maximum Gasteiger partial charge on any atom is 0.0655 e. The molecule has 16 heavy (non-hydrogen) atoms. The lowest BCUT2D eigenvalue weighted by Gasteiger charge is -2.27. The van der Waals surface area contributed by atoms with Crippen molar-refractivity contribution < 1.29 is 0 Å². The van der Waals surface area contributed by atoms with Crippen molar-refractivity contribution >= 4 is 5.69 Å². The average Bonchev–Trinajstić information content (AvgIpc) is 2.33. The summed E-state index contributed by atoms with van der Waals surface area (Å²) in [6, 6.07) is 11.3. The standard InChI is InChI=1S/C14H18N2/c1-11-4-2-3-5-14(11)16-13-8-6-12(10-15)7-9-13/h2-5,12-13,16H,6-9H2,1H3. The highest BCUT2D eigenvalue weighted by Gasteiger charge is 2.20. The molecule has 0 bridgehead atoms. The first-order valence-corrected chi connectivity index (χ1v) is 6.01. The molecular formula is C14H18N2. The van der Waals surface area contributed by atoms with Crippen LogP contribution in [-0.4, -0.2) is 6.04 Å². The van der Waals surface area contributed by atoms with E-state index in [0.717, 1.165) is 25.7 Å². The predicted octanol–water partition coefficient (Wildman–Crippen LogP) is 3.49. The van der Waals surface area contributed by atoms with Crippen LogP contribution in [0.3, 0.4) is 0 Å². The molecule has 84 valence electrons.